The second-order valence-corrected chi connectivity index (χ2v) is 5.19. The van der Waals surface area contributed by atoms with E-state index in [9.17, 15) is 19.6 Å². The van der Waals surface area contributed by atoms with Gasteiger partial charge >= 0.3 is 0 Å². The number of hydrogen-bond donors (Lipinski definition) is 1. The summed E-state index contributed by atoms with van der Waals surface area (Å²) in [5.41, 5.74) is 0.257. The van der Waals surface area contributed by atoms with Crippen molar-refractivity contribution >= 4 is 21.6 Å². The van der Waals surface area contributed by atoms with Gasteiger partial charge in [0.25, 0.3) is 5.69 Å². The number of ether oxygens (including phenoxy) is 1. The zero-order valence-electron chi connectivity index (χ0n) is 10.9. The molecule has 0 aromatic heterocycles. The van der Waals surface area contributed by atoms with Gasteiger partial charge in [0.15, 0.2) is 11.6 Å². The molecule has 1 N–H and O–H groups in total. The molecule has 0 saturated carbocycles. The molecule has 5 nitrogen and oxygen atoms in total. The van der Waals surface area contributed by atoms with Gasteiger partial charge in [-0.25, -0.2) is 4.39 Å². The monoisotopic (exact) mass is 355 g/mol. The van der Waals surface area contributed by atoms with Gasteiger partial charge in [-0.3, -0.25) is 10.1 Å². The number of nitro groups is 1. The molecule has 0 heterocycles. The van der Waals surface area contributed by atoms with Gasteiger partial charge in [0.05, 0.1) is 21.6 Å². The Morgan fingerprint density at radius 3 is 2.57 bits per heavy atom. The quantitative estimate of drug-likeness (QED) is 0.653. The predicted molar refractivity (Wildman–Crippen MR) is 77.9 cm³/mol. The van der Waals surface area contributed by atoms with E-state index in [0.29, 0.717) is 10.0 Å². The Morgan fingerprint density at radius 1 is 1.29 bits per heavy atom. The lowest BCUT2D eigenvalue weighted by molar-refractivity contribution is -0.384. The maximum absolute atomic E-state index is 13.9. The molecule has 0 unspecified atom stereocenters. The van der Waals surface area contributed by atoms with Crippen molar-refractivity contribution in [3.63, 3.8) is 0 Å². The first-order valence-corrected chi connectivity index (χ1v) is 6.77. The number of benzene rings is 2. The van der Waals surface area contributed by atoms with Crippen molar-refractivity contribution in [1.29, 1.82) is 0 Å². The summed E-state index contributed by atoms with van der Waals surface area (Å²) in [4.78, 5) is 10.2. The van der Waals surface area contributed by atoms with Crippen LogP contribution in [-0.2, 0) is 0 Å². The maximum atomic E-state index is 13.9. The summed E-state index contributed by atoms with van der Waals surface area (Å²) in [6.45, 7) is 1.52. The third kappa shape index (κ3) is 3.56. The van der Waals surface area contributed by atoms with Crippen molar-refractivity contribution < 1.29 is 19.2 Å². The summed E-state index contributed by atoms with van der Waals surface area (Å²) >= 11 is 3.19. The van der Waals surface area contributed by atoms with Crippen LogP contribution in [0, 0.1) is 15.9 Å². The van der Waals surface area contributed by atoms with E-state index < -0.39 is 16.8 Å². The molecule has 0 saturated heterocycles. The van der Waals surface area contributed by atoms with Crippen LogP contribution in [0.25, 0.3) is 0 Å². The second kappa shape index (κ2) is 6.19. The number of aliphatic hydroxyl groups excluding tert-OH is 1. The van der Waals surface area contributed by atoms with Crippen LogP contribution in [0.1, 0.15) is 18.6 Å². The third-order valence-corrected chi connectivity index (χ3v) is 3.44. The highest BCUT2D eigenvalue weighted by Gasteiger charge is 2.14. The molecular formula is C14H11BrFNO4. The molecule has 21 heavy (non-hydrogen) atoms. The lowest BCUT2D eigenvalue weighted by atomic mass is 10.1. The minimum absolute atomic E-state index is 0.0828. The highest BCUT2D eigenvalue weighted by molar-refractivity contribution is 9.10. The molecule has 0 bridgehead atoms. The van der Waals surface area contributed by atoms with Gasteiger partial charge in [-0.15, -0.1) is 0 Å². The van der Waals surface area contributed by atoms with Gasteiger partial charge in [-0.1, -0.05) is 6.07 Å². The highest BCUT2D eigenvalue weighted by Crippen LogP contribution is 2.34. The van der Waals surface area contributed by atoms with Gasteiger partial charge in [0, 0.05) is 6.07 Å². The second-order valence-electron chi connectivity index (χ2n) is 4.34. The van der Waals surface area contributed by atoms with Gasteiger partial charge in [-0.2, -0.15) is 0 Å². The molecule has 110 valence electrons. The summed E-state index contributed by atoms with van der Waals surface area (Å²) in [5.74, 6) is -0.611. The Morgan fingerprint density at radius 2 is 2.00 bits per heavy atom. The van der Waals surface area contributed by atoms with Crippen molar-refractivity contribution in [1.82, 2.24) is 0 Å². The standard InChI is InChI=1S/C14H11BrFNO4/c1-8(18)9-2-5-13(12(16)6-9)21-14-7-10(17(19)20)3-4-11(14)15/h2-8,18H,1H3/t8-/m1/s1. The van der Waals surface area contributed by atoms with Gasteiger partial charge < -0.3 is 9.84 Å². The SMILES string of the molecule is C[C@@H](O)c1ccc(Oc2cc([N+](=O)[O-])ccc2Br)c(F)c1. The Balaban J connectivity index is 2.34. The zero-order chi connectivity index (χ0) is 15.6. The van der Waals surface area contributed by atoms with Gasteiger partial charge in [0.2, 0.25) is 0 Å². The van der Waals surface area contributed by atoms with Crippen molar-refractivity contribution in [3.05, 3.63) is 62.4 Å². The Hall–Kier alpha value is -1.99. The summed E-state index contributed by atoms with van der Waals surface area (Å²) in [6.07, 6.45) is -0.793. The first-order valence-electron chi connectivity index (χ1n) is 5.98. The van der Waals surface area contributed by atoms with Crippen molar-refractivity contribution in [3.8, 4) is 11.5 Å². The van der Waals surface area contributed by atoms with Crippen LogP contribution in [0.15, 0.2) is 40.9 Å². The molecule has 0 aliphatic heterocycles. The minimum atomic E-state index is -0.793. The van der Waals surface area contributed by atoms with Crippen LogP contribution in [-0.4, -0.2) is 10.0 Å². The molecule has 7 heteroatoms. The van der Waals surface area contributed by atoms with E-state index in [-0.39, 0.29) is 17.2 Å². The lowest BCUT2D eigenvalue weighted by Crippen LogP contribution is -1.95. The van der Waals surface area contributed by atoms with Crippen LogP contribution in [0.4, 0.5) is 10.1 Å². The predicted octanol–water partition coefficient (Wildman–Crippen LogP) is 4.34. The topological polar surface area (TPSA) is 72.6 Å². The van der Waals surface area contributed by atoms with Crippen molar-refractivity contribution in [2.24, 2.45) is 0 Å². The fraction of sp³-hybridized carbons (Fsp3) is 0.143. The number of non-ortho nitro benzene ring substituents is 1. The zero-order valence-corrected chi connectivity index (χ0v) is 12.5. The van der Waals surface area contributed by atoms with Gasteiger partial charge in [0.1, 0.15) is 5.75 Å². The Labute approximate surface area is 128 Å². The van der Waals surface area contributed by atoms with E-state index in [1.165, 1.54) is 37.3 Å². The lowest BCUT2D eigenvalue weighted by Gasteiger charge is -2.10. The van der Waals surface area contributed by atoms with E-state index in [0.717, 1.165) is 6.07 Å². The van der Waals surface area contributed by atoms with Crippen LogP contribution in [0.2, 0.25) is 0 Å². The number of aliphatic hydroxyl groups is 1. The number of nitrogens with zero attached hydrogens (tertiary/aromatic N) is 1. The Kier molecular flexibility index (Phi) is 4.54. The number of hydrogen-bond acceptors (Lipinski definition) is 4. The molecule has 0 aliphatic rings. The van der Waals surface area contributed by atoms with E-state index in [1.807, 2.05) is 0 Å². The molecule has 2 rings (SSSR count). The van der Waals surface area contributed by atoms with Crippen LogP contribution >= 0.6 is 15.9 Å². The van der Waals surface area contributed by atoms with Crippen LogP contribution < -0.4 is 4.74 Å². The highest BCUT2D eigenvalue weighted by atomic mass is 79.9. The minimum Gasteiger partial charge on any atom is -0.453 e. The summed E-state index contributed by atoms with van der Waals surface area (Å²) < 4.78 is 19.7. The van der Waals surface area contributed by atoms with E-state index >= 15 is 0 Å². The largest absolute Gasteiger partial charge is 0.453 e. The average molecular weight is 356 g/mol. The molecule has 0 radical (unpaired) electrons. The van der Waals surface area contributed by atoms with E-state index in [1.54, 1.807) is 0 Å². The summed E-state index contributed by atoms with van der Waals surface area (Å²) in [6, 6.07) is 8.01. The van der Waals surface area contributed by atoms with Crippen LogP contribution in [0.3, 0.4) is 0 Å². The van der Waals surface area contributed by atoms with Crippen molar-refractivity contribution in [2.45, 2.75) is 13.0 Å². The fourth-order valence-corrected chi connectivity index (χ4v) is 1.99. The van der Waals surface area contributed by atoms with E-state index in [2.05, 4.69) is 15.9 Å². The number of halogens is 2. The Bertz CT molecular complexity index is 691. The number of nitro benzene ring substituents is 1. The fourth-order valence-electron chi connectivity index (χ4n) is 1.66. The molecule has 0 aliphatic carbocycles. The normalized spacial score (nSPS) is 12.0. The molecular weight excluding hydrogens is 345 g/mol. The average Bonchev–Trinajstić information content (AvgIpc) is 2.42. The summed E-state index contributed by atoms with van der Waals surface area (Å²) in [5, 5.41) is 20.1. The van der Waals surface area contributed by atoms with Gasteiger partial charge in [-0.05, 0) is 46.6 Å². The summed E-state index contributed by atoms with van der Waals surface area (Å²) in [7, 11) is 0. The maximum Gasteiger partial charge on any atom is 0.273 e. The number of rotatable bonds is 4. The van der Waals surface area contributed by atoms with Crippen LogP contribution in [0.5, 0.6) is 11.5 Å². The van der Waals surface area contributed by atoms with Crippen molar-refractivity contribution in [2.75, 3.05) is 0 Å². The molecule has 0 amide bonds. The molecule has 0 fully saturated rings. The third-order valence-electron chi connectivity index (χ3n) is 2.78. The van der Waals surface area contributed by atoms with E-state index in [4.69, 9.17) is 4.74 Å². The smallest absolute Gasteiger partial charge is 0.273 e. The molecule has 2 aromatic carbocycles. The first kappa shape index (κ1) is 15.4. The molecule has 2 aromatic rings. The first-order chi connectivity index (χ1) is 9.88. The molecule has 0 spiro atoms. The molecule has 1 atom stereocenters.